The second-order valence-corrected chi connectivity index (χ2v) is 8.02. The van der Waals surface area contributed by atoms with Crippen molar-refractivity contribution in [3.8, 4) is 29.3 Å². The van der Waals surface area contributed by atoms with E-state index >= 15 is 0 Å². The molecule has 0 radical (unpaired) electrons. The van der Waals surface area contributed by atoms with Gasteiger partial charge in [-0.15, -0.1) is 10.2 Å². The molecule has 0 amide bonds. The lowest BCUT2D eigenvalue weighted by Crippen LogP contribution is -2.15. The minimum atomic E-state index is -0.148. The molecule has 0 saturated heterocycles. The van der Waals surface area contributed by atoms with E-state index in [1.165, 1.54) is 19.3 Å². The second-order valence-electron chi connectivity index (χ2n) is 7.03. The van der Waals surface area contributed by atoms with Gasteiger partial charge in [0.05, 0.1) is 25.2 Å². The van der Waals surface area contributed by atoms with Gasteiger partial charge in [-0.1, -0.05) is 31.0 Å². The lowest BCUT2D eigenvalue weighted by Gasteiger charge is -2.25. The van der Waals surface area contributed by atoms with Crippen molar-refractivity contribution in [2.45, 2.75) is 56.1 Å². The third-order valence-electron chi connectivity index (χ3n) is 5.15. The van der Waals surface area contributed by atoms with Crippen LogP contribution in [-0.2, 0) is 0 Å². The highest BCUT2D eigenvalue weighted by atomic mass is 32.2. The van der Waals surface area contributed by atoms with Gasteiger partial charge in [0.15, 0.2) is 11.0 Å². The Bertz CT molecular complexity index is 843. The molecule has 1 heterocycles. The molecule has 1 atom stereocenters. The largest absolute Gasteiger partial charge is 0.497 e. The van der Waals surface area contributed by atoms with E-state index in [0.29, 0.717) is 24.6 Å². The molecule has 28 heavy (non-hydrogen) atoms. The van der Waals surface area contributed by atoms with Gasteiger partial charge < -0.3 is 4.74 Å². The van der Waals surface area contributed by atoms with Gasteiger partial charge in [0, 0.05) is 23.8 Å². The first-order valence-corrected chi connectivity index (χ1v) is 10.7. The SMILES string of the molecule is COc1ccc(-c2nnc(SC[C@H](C#N)CCC#N)n2C2CCCCC2)cc1. The Morgan fingerprint density at radius 2 is 1.93 bits per heavy atom. The number of methoxy groups -OCH3 is 1. The van der Waals surface area contributed by atoms with Gasteiger partial charge in [0.2, 0.25) is 0 Å². The molecule has 146 valence electrons. The van der Waals surface area contributed by atoms with Crippen LogP contribution in [-0.4, -0.2) is 27.6 Å². The van der Waals surface area contributed by atoms with Crippen molar-refractivity contribution in [2.24, 2.45) is 5.92 Å². The summed E-state index contributed by atoms with van der Waals surface area (Å²) < 4.78 is 7.53. The van der Waals surface area contributed by atoms with E-state index < -0.39 is 0 Å². The molecule has 1 aromatic heterocycles. The molecule has 1 aliphatic carbocycles. The van der Waals surface area contributed by atoms with E-state index in [2.05, 4.69) is 26.9 Å². The summed E-state index contributed by atoms with van der Waals surface area (Å²) in [4.78, 5) is 0. The van der Waals surface area contributed by atoms with E-state index in [4.69, 9.17) is 10.00 Å². The summed E-state index contributed by atoms with van der Waals surface area (Å²) in [6.45, 7) is 0. The summed E-state index contributed by atoms with van der Waals surface area (Å²) in [7, 11) is 1.66. The molecule has 7 heteroatoms. The fourth-order valence-corrected chi connectivity index (χ4v) is 4.64. The lowest BCUT2D eigenvalue weighted by molar-refractivity contribution is 0.339. The highest BCUT2D eigenvalue weighted by Gasteiger charge is 2.24. The van der Waals surface area contributed by atoms with Crippen molar-refractivity contribution < 1.29 is 4.74 Å². The molecule has 6 nitrogen and oxygen atoms in total. The minimum absolute atomic E-state index is 0.148. The van der Waals surface area contributed by atoms with Crippen LogP contribution in [0.15, 0.2) is 29.4 Å². The highest BCUT2D eigenvalue weighted by molar-refractivity contribution is 7.99. The number of hydrogen-bond donors (Lipinski definition) is 0. The van der Waals surface area contributed by atoms with Crippen LogP contribution in [0.1, 0.15) is 51.0 Å². The van der Waals surface area contributed by atoms with Gasteiger partial charge in [-0.25, -0.2) is 0 Å². The Kier molecular flexibility index (Phi) is 7.33. The maximum absolute atomic E-state index is 9.35. The van der Waals surface area contributed by atoms with E-state index in [-0.39, 0.29) is 5.92 Å². The van der Waals surface area contributed by atoms with Crippen molar-refractivity contribution in [3.63, 3.8) is 0 Å². The number of aromatic nitrogens is 3. The zero-order valence-corrected chi connectivity index (χ0v) is 17.0. The third kappa shape index (κ3) is 4.85. The van der Waals surface area contributed by atoms with E-state index in [0.717, 1.165) is 35.1 Å². The number of benzene rings is 1. The standard InChI is InChI=1S/C21H25N5OS/c1-27-19-11-9-17(10-12-19)20-24-25-21(26(20)18-7-3-2-4-8-18)28-15-16(14-23)6-5-13-22/h9-12,16,18H,2-8,15H2,1H3/t16-/m0/s1. The zero-order valence-electron chi connectivity index (χ0n) is 16.2. The number of rotatable bonds is 8. The first-order chi connectivity index (χ1) is 13.8. The molecule has 2 aromatic rings. The molecule has 1 aliphatic rings. The molecular weight excluding hydrogens is 370 g/mol. The van der Waals surface area contributed by atoms with Crippen LogP contribution in [0.5, 0.6) is 5.75 Å². The molecule has 0 N–H and O–H groups in total. The van der Waals surface area contributed by atoms with Gasteiger partial charge >= 0.3 is 0 Å². The summed E-state index contributed by atoms with van der Waals surface area (Å²) in [6, 6.07) is 12.7. The molecular formula is C21H25N5OS. The normalized spacial score (nSPS) is 15.5. The Labute approximate surface area is 170 Å². The highest BCUT2D eigenvalue weighted by Crippen LogP contribution is 2.36. The third-order valence-corrected chi connectivity index (χ3v) is 6.26. The van der Waals surface area contributed by atoms with Crippen LogP contribution in [0.25, 0.3) is 11.4 Å². The summed E-state index contributed by atoms with van der Waals surface area (Å²) in [6.07, 6.45) is 6.99. The van der Waals surface area contributed by atoms with Crippen LogP contribution in [0, 0.1) is 28.6 Å². The zero-order chi connectivity index (χ0) is 19.8. The Hall–Kier alpha value is -2.51. The van der Waals surface area contributed by atoms with E-state index in [1.54, 1.807) is 18.9 Å². The number of nitriles is 2. The first kappa shape index (κ1) is 20.2. The Balaban J connectivity index is 1.86. The average molecular weight is 396 g/mol. The molecule has 3 rings (SSSR count). The predicted octanol–water partition coefficient (Wildman–Crippen LogP) is 4.99. The van der Waals surface area contributed by atoms with Gasteiger partial charge in [-0.3, -0.25) is 4.57 Å². The number of ether oxygens (including phenoxy) is 1. The maximum atomic E-state index is 9.35. The Morgan fingerprint density at radius 1 is 1.18 bits per heavy atom. The van der Waals surface area contributed by atoms with Crippen LogP contribution in [0.2, 0.25) is 0 Å². The molecule has 1 saturated carbocycles. The van der Waals surface area contributed by atoms with Gasteiger partial charge in [-0.05, 0) is 43.5 Å². The van der Waals surface area contributed by atoms with Crippen LogP contribution < -0.4 is 4.74 Å². The molecule has 0 bridgehead atoms. The maximum Gasteiger partial charge on any atom is 0.191 e. The van der Waals surface area contributed by atoms with Crippen molar-refractivity contribution in [1.82, 2.24) is 14.8 Å². The van der Waals surface area contributed by atoms with E-state index in [1.807, 2.05) is 24.3 Å². The van der Waals surface area contributed by atoms with Crippen molar-refractivity contribution >= 4 is 11.8 Å². The molecule has 0 aliphatic heterocycles. The summed E-state index contributed by atoms with van der Waals surface area (Å²) in [5.74, 6) is 2.18. The summed E-state index contributed by atoms with van der Waals surface area (Å²) in [5.41, 5.74) is 1.02. The van der Waals surface area contributed by atoms with Crippen LogP contribution in [0.3, 0.4) is 0 Å². The summed E-state index contributed by atoms with van der Waals surface area (Å²) in [5, 5.41) is 28.0. The number of thioether (sulfide) groups is 1. The van der Waals surface area contributed by atoms with E-state index in [9.17, 15) is 5.26 Å². The van der Waals surface area contributed by atoms with Gasteiger partial charge in [-0.2, -0.15) is 10.5 Å². The van der Waals surface area contributed by atoms with Gasteiger partial charge in [0.25, 0.3) is 0 Å². The monoisotopic (exact) mass is 395 g/mol. The molecule has 1 fully saturated rings. The van der Waals surface area contributed by atoms with Crippen molar-refractivity contribution in [1.29, 1.82) is 10.5 Å². The van der Waals surface area contributed by atoms with Crippen molar-refractivity contribution in [2.75, 3.05) is 12.9 Å². The van der Waals surface area contributed by atoms with Crippen LogP contribution >= 0.6 is 11.8 Å². The van der Waals surface area contributed by atoms with Crippen molar-refractivity contribution in [3.05, 3.63) is 24.3 Å². The first-order valence-electron chi connectivity index (χ1n) is 9.75. The molecule has 0 unspecified atom stereocenters. The topological polar surface area (TPSA) is 87.5 Å². The fraction of sp³-hybridized carbons (Fsp3) is 0.524. The molecule has 1 aromatic carbocycles. The second kappa shape index (κ2) is 10.1. The lowest BCUT2D eigenvalue weighted by atomic mass is 9.95. The minimum Gasteiger partial charge on any atom is -0.497 e. The number of hydrogen-bond acceptors (Lipinski definition) is 6. The van der Waals surface area contributed by atoms with Gasteiger partial charge in [0.1, 0.15) is 5.75 Å². The fourth-order valence-electron chi connectivity index (χ4n) is 3.58. The molecule has 0 spiro atoms. The van der Waals surface area contributed by atoms with Crippen LogP contribution in [0.4, 0.5) is 0 Å². The smallest absolute Gasteiger partial charge is 0.191 e. The predicted molar refractivity (Wildman–Crippen MR) is 109 cm³/mol. The number of nitrogens with zero attached hydrogens (tertiary/aromatic N) is 5. The quantitative estimate of drug-likeness (QED) is 0.585. The summed E-state index contributed by atoms with van der Waals surface area (Å²) >= 11 is 1.58. The Morgan fingerprint density at radius 3 is 2.57 bits per heavy atom. The average Bonchev–Trinajstić information content (AvgIpc) is 3.18.